The van der Waals surface area contributed by atoms with Crippen LogP contribution in [0.5, 0.6) is 0 Å². The molecule has 0 radical (unpaired) electrons. The van der Waals surface area contributed by atoms with Gasteiger partial charge in [-0.05, 0) is 32.9 Å². The van der Waals surface area contributed by atoms with Gasteiger partial charge in [-0.25, -0.2) is 9.97 Å². The lowest BCUT2D eigenvalue weighted by Gasteiger charge is -2.44. The topological polar surface area (TPSA) is 108 Å². The first-order valence-electron chi connectivity index (χ1n) is 9.22. The molecule has 1 aliphatic heterocycles. The standard InChI is InChI=1S/C19H22N6O3/c1-11-8-24(19-22-10-21-17(23-19)13(3)26)9-12(2)25(11)18(27)15-6-14-4-5-20-7-16(14)28-15/h4-7,10-13,26H,8-9H2,1-3H3. The maximum absolute atomic E-state index is 13.1. The van der Waals surface area contributed by atoms with Crippen LogP contribution in [0.1, 0.15) is 43.3 Å². The number of aliphatic hydroxyl groups excluding tert-OH is 1. The molecule has 1 N–H and O–H groups in total. The van der Waals surface area contributed by atoms with Gasteiger partial charge >= 0.3 is 0 Å². The summed E-state index contributed by atoms with van der Waals surface area (Å²) in [6, 6.07) is 3.43. The lowest BCUT2D eigenvalue weighted by Crippen LogP contribution is -2.59. The number of fused-ring (bicyclic) bond motifs is 1. The van der Waals surface area contributed by atoms with Crippen LogP contribution in [0, 0.1) is 0 Å². The molecule has 146 valence electrons. The summed E-state index contributed by atoms with van der Waals surface area (Å²) in [7, 11) is 0. The van der Waals surface area contributed by atoms with Crippen LogP contribution in [-0.2, 0) is 0 Å². The SMILES string of the molecule is CC(O)c1ncnc(N2CC(C)N(C(=O)c3cc4ccncc4o3)C(C)C2)n1. The van der Waals surface area contributed by atoms with Gasteiger partial charge in [-0.3, -0.25) is 9.78 Å². The van der Waals surface area contributed by atoms with E-state index in [0.717, 1.165) is 5.39 Å². The van der Waals surface area contributed by atoms with Crippen molar-refractivity contribution in [3.63, 3.8) is 0 Å². The Morgan fingerprint density at radius 3 is 2.71 bits per heavy atom. The second kappa shape index (κ2) is 7.16. The van der Waals surface area contributed by atoms with Gasteiger partial charge in [-0.15, -0.1) is 0 Å². The minimum atomic E-state index is -0.762. The molecule has 0 saturated carbocycles. The number of pyridine rings is 1. The maximum Gasteiger partial charge on any atom is 0.290 e. The van der Waals surface area contributed by atoms with E-state index in [1.807, 2.05) is 29.7 Å². The van der Waals surface area contributed by atoms with Crippen molar-refractivity contribution >= 4 is 22.8 Å². The predicted molar refractivity (Wildman–Crippen MR) is 102 cm³/mol. The monoisotopic (exact) mass is 382 g/mol. The number of aliphatic hydroxyl groups is 1. The highest BCUT2D eigenvalue weighted by Gasteiger charge is 2.35. The van der Waals surface area contributed by atoms with E-state index in [0.29, 0.717) is 36.2 Å². The summed E-state index contributed by atoms with van der Waals surface area (Å²) in [6.07, 6.45) is 3.92. The molecule has 28 heavy (non-hydrogen) atoms. The molecule has 0 spiro atoms. The smallest absolute Gasteiger partial charge is 0.290 e. The van der Waals surface area contributed by atoms with Crippen LogP contribution in [0.25, 0.3) is 11.0 Å². The fourth-order valence-corrected chi connectivity index (χ4v) is 3.66. The van der Waals surface area contributed by atoms with Crippen LogP contribution in [0.2, 0.25) is 0 Å². The van der Waals surface area contributed by atoms with Crippen LogP contribution >= 0.6 is 0 Å². The Balaban J connectivity index is 1.55. The maximum atomic E-state index is 13.1. The summed E-state index contributed by atoms with van der Waals surface area (Å²) < 4.78 is 5.71. The molecule has 0 bridgehead atoms. The number of hydrogen-bond donors (Lipinski definition) is 1. The molecule has 9 heteroatoms. The van der Waals surface area contributed by atoms with E-state index in [4.69, 9.17) is 4.42 Å². The number of amides is 1. The van der Waals surface area contributed by atoms with Crippen molar-refractivity contribution in [1.29, 1.82) is 0 Å². The average molecular weight is 382 g/mol. The van der Waals surface area contributed by atoms with Gasteiger partial charge in [0.2, 0.25) is 5.95 Å². The molecule has 0 aliphatic carbocycles. The first-order valence-corrected chi connectivity index (χ1v) is 9.22. The highest BCUT2D eigenvalue weighted by atomic mass is 16.3. The molecule has 3 aromatic heterocycles. The van der Waals surface area contributed by atoms with Gasteiger partial charge in [0.1, 0.15) is 12.4 Å². The van der Waals surface area contributed by atoms with Crippen molar-refractivity contribution in [1.82, 2.24) is 24.8 Å². The Kier molecular flexibility index (Phi) is 4.68. The summed E-state index contributed by atoms with van der Waals surface area (Å²) in [5.74, 6) is 1.01. The number of carbonyl (C=O) groups excluding carboxylic acids is 1. The van der Waals surface area contributed by atoms with Crippen LogP contribution in [0.3, 0.4) is 0 Å². The number of anilines is 1. The fourth-order valence-electron chi connectivity index (χ4n) is 3.66. The molecular weight excluding hydrogens is 360 g/mol. The molecular formula is C19H22N6O3. The number of rotatable bonds is 3. The molecule has 4 heterocycles. The number of furan rings is 1. The molecule has 3 aromatic rings. The number of piperazine rings is 1. The van der Waals surface area contributed by atoms with Crippen LogP contribution < -0.4 is 4.90 Å². The molecule has 1 aliphatic rings. The van der Waals surface area contributed by atoms with Gasteiger partial charge in [0, 0.05) is 36.8 Å². The van der Waals surface area contributed by atoms with Crippen LogP contribution in [0.4, 0.5) is 5.95 Å². The van der Waals surface area contributed by atoms with Gasteiger partial charge in [-0.2, -0.15) is 4.98 Å². The summed E-state index contributed by atoms with van der Waals surface area (Å²) in [5.41, 5.74) is 0.598. The third-order valence-electron chi connectivity index (χ3n) is 4.92. The Bertz CT molecular complexity index is 959. The molecule has 0 aromatic carbocycles. The summed E-state index contributed by atoms with van der Waals surface area (Å²) >= 11 is 0. The fraction of sp³-hybridized carbons (Fsp3) is 0.421. The number of nitrogens with zero attached hydrogens (tertiary/aromatic N) is 6. The number of hydrogen-bond acceptors (Lipinski definition) is 8. The average Bonchev–Trinajstić information content (AvgIpc) is 3.11. The van der Waals surface area contributed by atoms with E-state index in [1.165, 1.54) is 6.33 Å². The van der Waals surface area contributed by atoms with Crippen LogP contribution in [-0.4, -0.2) is 61.0 Å². The predicted octanol–water partition coefficient (Wildman–Crippen LogP) is 1.81. The second-order valence-electron chi connectivity index (χ2n) is 7.16. The van der Waals surface area contributed by atoms with Gasteiger partial charge in [0.15, 0.2) is 17.2 Å². The second-order valence-corrected chi connectivity index (χ2v) is 7.16. The minimum Gasteiger partial charge on any atom is -0.449 e. The van der Waals surface area contributed by atoms with Crippen molar-refractivity contribution in [2.75, 3.05) is 18.0 Å². The Morgan fingerprint density at radius 1 is 1.29 bits per heavy atom. The van der Waals surface area contributed by atoms with E-state index in [1.54, 1.807) is 25.4 Å². The van der Waals surface area contributed by atoms with E-state index < -0.39 is 6.10 Å². The molecule has 1 amide bonds. The highest BCUT2D eigenvalue weighted by Crippen LogP contribution is 2.25. The van der Waals surface area contributed by atoms with E-state index in [2.05, 4.69) is 19.9 Å². The normalized spacial score (nSPS) is 21.1. The van der Waals surface area contributed by atoms with Crippen LogP contribution in [0.15, 0.2) is 35.3 Å². The van der Waals surface area contributed by atoms with E-state index in [9.17, 15) is 9.90 Å². The third-order valence-corrected chi connectivity index (χ3v) is 4.92. The first kappa shape index (κ1) is 18.3. The number of aromatic nitrogens is 4. The molecule has 4 rings (SSSR count). The summed E-state index contributed by atoms with van der Waals surface area (Å²) in [4.78, 5) is 33.5. The van der Waals surface area contributed by atoms with Crippen molar-refractivity contribution in [3.8, 4) is 0 Å². The molecule has 3 unspecified atom stereocenters. The molecule has 1 fully saturated rings. The number of carbonyl (C=O) groups is 1. The Hall–Kier alpha value is -3.07. The lowest BCUT2D eigenvalue weighted by molar-refractivity contribution is 0.0542. The molecule has 3 atom stereocenters. The summed E-state index contributed by atoms with van der Waals surface area (Å²) in [6.45, 7) is 6.73. The van der Waals surface area contributed by atoms with Gasteiger partial charge in [0.05, 0.1) is 6.20 Å². The zero-order valence-corrected chi connectivity index (χ0v) is 16.0. The largest absolute Gasteiger partial charge is 0.449 e. The minimum absolute atomic E-state index is 0.0747. The zero-order chi connectivity index (χ0) is 19.8. The van der Waals surface area contributed by atoms with Crippen molar-refractivity contribution < 1.29 is 14.3 Å². The quantitative estimate of drug-likeness (QED) is 0.730. The Labute approximate surface area is 162 Å². The third kappa shape index (κ3) is 3.29. The van der Waals surface area contributed by atoms with Gasteiger partial charge < -0.3 is 19.3 Å². The highest BCUT2D eigenvalue weighted by molar-refractivity contribution is 5.96. The van der Waals surface area contributed by atoms with E-state index in [-0.39, 0.29) is 18.0 Å². The first-order chi connectivity index (χ1) is 13.4. The Morgan fingerprint density at radius 2 is 2.04 bits per heavy atom. The van der Waals surface area contributed by atoms with Gasteiger partial charge in [-0.1, -0.05) is 0 Å². The van der Waals surface area contributed by atoms with Crippen molar-refractivity contribution in [2.45, 2.75) is 39.0 Å². The lowest BCUT2D eigenvalue weighted by atomic mass is 10.1. The van der Waals surface area contributed by atoms with E-state index >= 15 is 0 Å². The zero-order valence-electron chi connectivity index (χ0n) is 16.0. The van der Waals surface area contributed by atoms with Crippen molar-refractivity contribution in [2.24, 2.45) is 0 Å². The van der Waals surface area contributed by atoms with Crippen molar-refractivity contribution in [3.05, 3.63) is 42.4 Å². The molecule has 1 saturated heterocycles. The van der Waals surface area contributed by atoms with Gasteiger partial charge in [0.25, 0.3) is 5.91 Å². The molecule has 9 nitrogen and oxygen atoms in total. The summed E-state index contributed by atoms with van der Waals surface area (Å²) in [5, 5.41) is 10.6.